The predicted octanol–water partition coefficient (Wildman–Crippen LogP) is 1.79. The van der Waals surface area contributed by atoms with Gasteiger partial charge in [-0.3, -0.25) is 9.67 Å². The molecule has 0 saturated carbocycles. The van der Waals surface area contributed by atoms with Crippen molar-refractivity contribution < 1.29 is 4.39 Å². The van der Waals surface area contributed by atoms with Crippen molar-refractivity contribution in [1.29, 1.82) is 0 Å². The number of nitrogens with two attached hydrogens (primary N) is 2. The standard InChI is InChI=1S/C14H16FN5/c1-4-11-12(14(17)18-2)13(19-20(11)3)8-5-6-10(16)9(15)7-8/h4-7H,1,16H2,2-3H3,(H2,17,18). The molecule has 0 aliphatic rings. The summed E-state index contributed by atoms with van der Waals surface area (Å²) in [6.07, 6.45) is 1.64. The molecule has 2 rings (SSSR count). The van der Waals surface area contributed by atoms with E-state index in [4.69, 9.17) is 11.5 Å². The van der Waals surface area contributed by atoms with Crippen LogP contribution in [0, 0.1) is 5.82 Å². The Morgan fingerprint density at radius 1 is 1.50 bits per heavy atom. The van der Waals surface area contributed by atoms with Crippen molar-refractivity contribution in [2.24, 2.45) is 17.8 Å². The normalized spacial score (nSPS) is 11.7. The number of amidine groups is 1. The number of rotatable bonds is 3. The van der Waals surface area contributed by atoms with Crippen LogP contribution in [-0.4, -0.2) is 22.7 Å². The molecule has 0 bridgehead atoms. The maximum absolute atomic E-state index is 13.6. The molecule has 6 heteroatoms. The van der Waals surface area contributed by atoms with Gasteiger partial charge in [0.2, 0.25) is 0 Å². The molecule has 0 aliphatic carbocycles. The first kappa shape index (κ1) is 13.8. The van der Waals surface area contributed by atoms with E-state index in [0.717, 1.165) is 5.69 Å². The summed E-state index contributed by atoms with van der Waals surface area (Å²) in [4.78, 5) is 3.98. The predicted molar refractivity (Wildman–Crippen MR) is 79.8 cm³/mol. The van der Waals surface area contributed by atoms with Crippen LogP contribution < -0.4 is 11.5 Å². The van der Waals surface area contributed by atoms with Crippen LogP contribution in [0.4, 0.5) is 10.1 Å². The molecule has 0 spiro atoms. The van der Waals surface area contributed by atoms with Crippen molar-refractivity contribution in [1.82, 2.24) is 9.78 Å². The first-order chi connectivity index (χ1) is 9.49. The number of aromatic nitrogens is 2. The Morgan fingerprint density at radius 3 is 2.75 bits per heavy atom. The summed E-state index contributed by atoms with van der Waals surface area (Å²) >= 11 is 0. The molecule has 4 N–H and O–H groups in total. The summed E-state index contributed by atoms with van der Waals surface area (Å²) in [5, 5.41) is 4.37. The maximum Gasteiger partial charge on any atom is 0.146 e. The highest BCUT2D eigenvalue weighted by Crippen LogP contribution is 2.27. The van der Waals surface area contributed by atoms with Gasteiger partial charge in [0.1, 0.15) is 17.3 Å². The van der Waals surface area contributed by atoms with Gasteiger partial charge in [-0.2, -0.15) is 5.10 Å². The highest BCUT2D eigenvalue weighted by atomic mass is 19.1. The van der Waals surface area contributed by atoms with Crippen molar-refractivity contribution in [2.75, 3.05) is 12.8 Å². The Labute approximate surface area is 116 Å². The fourth-order valence-corrected chi connectivity index (χ4v) is 2.01. The third-order valence-corrected chi connectivity index (χ3v) is 3.06. The molecular formula is C14H16FN5. The van der Waals surface area contributed by atoms with Crippen LogP contribution >= 0.6 is 0 Å². The number of anilines is 1. The van der Waals surface area contributed by atoms with Gasteiger partial charge < -0.3 is 11.5 Å². The lowest BCUT2D eigenvalue weighted by molar-refractivity contribution is 0.633. The van der Waals surface area contributed by atoms with Crippen molar-refractivity contribution in [3.63, 3.8) is 0 Å². The zero-order chi connectivity index (χ0) is 14.9. The van der Waals surface area contributed by atoms with Crippen LogP contribution in [0.1, 0.15) is 11.3 Å². The lowest BCUT2D eigenvalue weighted by atomic mass is 10.0. The molecule has 20 heavy (non-hydrogen) atoms. The van der Waals surface area contributed by atoms with Gasteiger partial charge >= 0.3 is 0 Å². The first-order valence-corrected chi connectivity index (χ1v) is 5.97. The molecule has 0 aliphatic heterocycles. The van der Waals surface area contributed by atoms with Crippen LogP contribution in [0.25, 0.3) is 17.3 Å². The van der Waals surface area contributed by atoms with Gasteiger partial charge in [0.25, 0.3) is 0 Å². The van der Waals surface area contributed by atoms with E-state index >= 15 is 0 Å². The lowest BCUT2D eigenvalue weighted by Crippen LogP contribution is -2.15. The molecule has 0 unspecified atom stereocenters. The number of aryl methyl sites for hydroxylation is 1. The van der Waals surface area contributed by atoms with Crippen molar-refractivity contribution in [3.05, 3.63) is 41.9 Å². The SMILES string of the molecule is C=Cc1c(C(N)=NC)c(-c2ccc(N)c(F)c2)nn1C. The van der Waals surface area contributed by atoms with Crippen molar-refractivity contribution in [3.8, 4) is 11.3 Å². The zero-order valence-electron chi connectivity index (χ0n) is 11.4. The Kier molecular flexibility index (Phi) is 3.56. The third-order valence-electron chi connectivity index (χ3n) is 3.06. The second-order valence-corrected chi connectivity index (χ2v) is 4.28. The topological polar surface area (TPSA) is 82.2 Å². The summed E-state index contributed by atoms with van der Waals surface area (Å²) in [7, 11) is 3.35. The molecule has 2 aromatic rings. The minimum absolute atomic E-state index is 0.0901. The highest BCUT2D eigenvalue weighted by Gasteiger charge is 2.19. The van der Waals surface area contributed by atoms with Gasteiger partial charge in [-0.15, -0.1) is 0 Å². The molecule has 5 nitrogen and oxygen atoms in total. The highest BCUT2D eigenvalue weighted by molar-refractivity contribution is 6.05. The van der Waals surface area contributed by atoms with E-state index in [1.54, 1.807) is 30.9 Å². The largest absolute Gasteiger partial charge is 0.396 e. The van der Waals surface area contributed by atoms with Crippen molar-refractivity contribution in [2.45, 2.75) is 0 Å². The van der Waals surface area contributed by atoms with E-state index < -0.39 is 5.82 Å². The van der Waals surface area contributed by atoms with E-state index in [-0.39, 0.29) is 5.69 Å². The number of hydrogen-bond acceptors (Lipinski definition) is 3. The monoisotopic (exact) mass is 273 g/mol. The number of nitrogen functional groups attached to an aromatic ring is 1. The van der Waals surface area contributed by atoms with Gasteiger partial charge in [0.15, 0.2) is 0 Å². The molecule has 0 amide bonds. The Morgan fingerprint density at radius 2 is 2.20 bits per heavy atom. The molecule has 0 saturated heterocycles. The molecular weight excluding hydrogens is 257 g/mol. The molecule has 0 fully saturated rings. The minimum Gasteiger partial charge on any atom is -0.396 e. The third kappa shape index (κ3) is 2.16. The molecule has 0 radical (unpaired) electrons. The number of hydrogen-bond donors (Lipinski definition) is 2. The smallest absolute Gasteiger partial charge is 0.146 e. The van der Waals surface area contributed by atoms with Gasteiger partial charge in [-0.1, -0.05) is 12.6 Å². The van der Waals surface area contributed by atoms with Gasteiger partial charge in [-0.05, 0) is 18.2 Å². The summed E-state index contributed by atoms with van der Waals surface area (Å²) in [6, 6.07) is 4.52. The van der Waals surface area contributed by atoms with Gasteiger partial charge in [-0.25, -0.2) is 4.39 Å². The number of benzene rings is 1. The summed E-state index contributed by atoms with van der Waals surface area (Å²) in [5.41, 5.74) is 14.0. The van der Waals surface area contributed by atoms with E-state index in [1.165, 1.54) is 12.1 Å². The number of nitrogens with zero attached hydrogens (tertiary/aromatic N) is 3. The van der Waals surface area contributed by atoms with E-state index in [1.807, 2.05) is 0 Å². The Hall–Kier alpha value is -2.63. The number of halogens is 1. The van der Waals surface area contributed by atoms with Crippen LogP contribution in [0.3, 0.4) is 0 Å². The minimum atomic E-state index is -0.494. The van der Waals surface area contributed by atoms with E-state index in [0.29, 0.717) is 22.7 Å². The van der Waals surface area contributed by atoms with Gasteiger partial charge in [0.05, 0.1) is 16.9 Å². The van der Waals surface area contributed by atoms with E-state index in [2.05, 4.69) is 16.7 Å². The fraction of sp³-hybridized carbons (Fsp3) is 0.143. The summed E-state index contributed by atoms with van der Waals surface area (Å²) in [6.45, 7) is 3.74. The van der Waals surface area contributed by atoms with Gasteiger partial charge in [0, 0.05) is 19.7 Å². The number of aliphatic imine (C=N–C) groups is 1. The van der Waals surface area contributed by atoms with Crippen LogP contribution in [0.2, 0.25) is 0 Å². The summed E-state index contributed by atoms with van der Waals surface area (Å²) < 4.78 is 15.3. The van der Waals surface area contributed by atoms with Crippen LogP contribution in [0.15, 0.2) is 29.8 Å². The lowest BCUT2D eigenvalue weighted by Gasteiger charge is -2.04. The van der Waals surface area contributed by atoms with Crippen LogP contribution in [-0.2, 0) is 7.05 Å². The Balaban J connectivity index is 2.73. The van der Waals surface area contributed by atoms with E-state index in [9.17, 15) is 4.39 Å². The van der Waals surface area contributed by atoms with Crippen LogP contribution in [0.5, 0.6) is 0 Å². The second kappa shape index (κ2) is 5.16. The molecule has 0 atom stereocenters. The quantitative estimate of drug-likeness (QED) is 0.508. The first-order valence-electron chi connectivity index (χ1n) is 5.97. The molecule has 1 aromatic heterocycles. The van der Waals surface area contributed by atoms with Crippen molar-refractivity contribution >= 4 is 17.6 Å². The fourth-order valence-electron chi connectivity index (χ4n) is 2.01. The Bertz CT molecular complexity index is 700. The molecule has 1 aromatic carbocycles. The zero-order valence-corrected chi connectivity index (χ0v) is 11.4. The average Bonchev–Trinajstić information content (AvgIpc) is 2.77. The second-order valence-electron chi connectivity index (χ2n) is 4.28. The maximum atomic E-state index is 13.6. The molecule has 1 heterocycles. The molecule has 104 valence electrons. The summed E-state index contributed by atoms with van der Waals surface area (Å²) in [5.74, 6) is -0.175. The average molecular weight is 273 g/mol.